The second-order valence-electron chi connectivity index (χ2n) is 17.0. The third-order valence-electron chi connectivity index (χ3n) is 13.2. The van der Waals surface area contributed by atoms with Crippen LogP contribution in [0.5, 0.6) is 0 Å². The van der Waals surface area contributed by atoms with Gasteiger partial charge in [-0.2, -0.15) is 0 Å². The van der Waals surface area contributed by atoms with Gasteiger partial charge < -0.3 is 13.6 Å². The van der Waals surface area contributed by atoms with Crippen molar-refractivity contribution in [1.82, 2.24) is 0 Å². The van der Waals surface area contributed by atoms with Crippen LogP contribution in [0.15, 0.2) is 60.7 Å². The molecule has 3 aliphatic rings. The van der Waals surface area contributed by atoms with Crippen LogP contribution >= 0.6 is 0 Å². The number of Topliss-reactive ketones (excluding diaryl/α,β-unsaturated/α-hetero) is 1. The Kier molecular flexibility index (Phi) is 10.3. The van der Waals surface area contributed by atoms with Crippen LogP contribution in [0, 0.1) is 34.0 Å². The molecule has 8 atom stereocenters. The van der Waals surface area contributed by atoms with Gasteiger partial charge in [-0.15, -0.1) is 0 Å². The molecule has 2 aromatic carbocycles. The maximum absolute atomic E-state index is 14.3. The molecule has 7 heteroatoms. The van der Waals surface area contributed by atoms with Gasteiger partial charge in [-0.1, -0.05) is 116 Å². The van der Waals surface area contributed by atoms with E-state index in [1.165, 1.54) is 0 Å². The first-order valence-corrected chi connectivity index (χ1v) is 22.9. The zero-order valence-corrected chi connectivity index (χ0v) is 32.9. The summed E-state index contributed by atoms with van der Waals surface area (Å²) in [6.07, 6.45) is 4.84. The molecule has 0 saturated heterocycles. The summed E-state index contributed by atoms with van der Waals surface area (Å²) in [5.74, 6) is 0.409. The molecule has 2 bridgehead atoms. The van der Waals surface area contributed by atoms with Gasteiger partial charge in [0.1, 0.15) is 18.5 Å². The smallest absolute Gasteiger partial charge is 0.331 e. The minimum Gasteiger partial charge on any atom is -0.460 e. The highest BCUT2D eigenvalue weighted by atomic mass is 28.4. The fourth-order valence-electron chi connectivity index (χ4n) is 10.4. The van der Waals surface area contributed by atoms with E-state index in [1.54, 1.807) is 0 Å². The molecule has 0 N–H and O–H groups in total. The minimum absolute atomic E-state index is 0.0279. The second kappa shape index (κ2) is 13.3. The molecule has 5 nitrogen and oxygen atoms in total. The van der Waals surface area contributed by atoms with Gasteiger partial charge in [-0.05, 0) is 83.3 Å². The molecule has 0 aromatic heterocycles. The van der Waals surface area contributed by atoms with Gasteiger partial charge in [0.15, 0.2) is 9.04 Å². The van der Waals surface area contributed by atoms with Crippen LogP contribution in [-0.2, 0) is 23.2 Å². The quantitative estimate of drug-likeness (QED) is 0.201. The Morgan fingerprint density at radius 3 is 2.04 bits per heavy atom. The van der Waals surface area contributed by atoms with Crippen molar-refractivity contribution in [1.29, 1.82) is 0 Å². The standard InChI is InChI=1S/C40H60O5Si2/c1-11-38(7)26-33(39(8)28(2)22-24-40(25-23-32(41)35(39)40)29(3)36(38)45-46(9)10)44-34(42)27-43-47(37(4,5)6,30-18-14-12-15-19-30)31-20-16-13-17-21-31/h12-21,28-29,33,35-36,46H,11,22-27H2,1-10H3/t28-,29-,33-,35?,36+,38+,39+,40?/m1/s1. The van der Waals surface area contributed by atoms with Gasteiger partial charge in [0, 0.05) is 17.8 Å². The van der Waals surface area contributed by atoms with Crippen molar-refractivity contribution < 1.29 is 23.2 Å². The number of ether oxygens (including phenoxy) is 1. The first-order chi connectivity index (χ1) is 22.1. The number of carbonyl (C=O) groups is 2. The van der Waals surface area contributed by atoms with Crippen LogP contribution in [0.1, 0.15) is 93.9 Å². The third kappa shape index (κ3) is 6.06. The van der Waals surface area contributed by atoms with Crippen molar-refractivity contribution in [2.75, 3.05) is 6.61 Å². The Bertz CT molecular complexity index is 1370. The fraction of sp³-hybridized carbons (Fsp3) is 0.650. The van der Waals surface area contributed by atoms with Crippen molar-refractivity contribution in [3.63, 3.8) is 0 Å². The molecular weight excluding hydrogens is 617 g/mol. The summed E-state index contributed by atoms with van der Waals surface area (Å²) >= 11 is 0. The molecule has 0 spiro atoms. The van der Waals surface area contributed by atoms with Crippen LogP contribution in [0.25, 0.3) is 0 Å². The predicted octanol–water partition coefficient (Wildman–Crippen LogP) is 7.70. The summed E-state index contributed by atoms with van der Waals surface area (Å²) in [6.45, 7) is 22.6. The number of hydrogen-bond acceptors (Lipinski definition) is 5. The predicted molar refractivity (Wildman–Crippen MR) is 196 cm³/mol. The van der Waals surface area contributed by atoms with Crippen molar-refractivity contribution in [2.24, 2.45) is 34.0 Å². The summed E-state index contributed by atoms with van der Waals surface area (Å²) < 4.78 is 20.8. The Morgan fingerprint density at radius 1 is 0.957 bits per heavy atom. The van der Waals surface area contributed by atoms with Crippen LogP contribution in [0.2, 0.25) is 18.1 Å². The number of esters is 1. The van der Waals surface area contributed by atoms with Gasteiger partial charge in [-0.3, -0.25) is 4.79 Å². The molecule has 2 unspecified atom stereocenters. The van der Waals surface area contributed by atoms with E-state index in [9.17, 15) is 9.59 Å². The van der Waals surface area contributed by atoms with Gasteiger partial charge >= 0.3 is 5.97 Å². The number of benzene rings is 2. The normalized spacial score (nSPS) is 34.4. The van der Waals surface area contributed by atoms with E-state index in [2.05, 4.69) is 117 Å². The molecule has 0 radical (unpaired) electrons. The van der Waals surface area contributed by atoms with Gasteiger partial charge in [-0.25, -0.2) is 4.79 Å². The lowest BCUT2D eigenvalue weighted by Crippen LogP contribution is -2.67. The Balaban J connectivity index is 1.55. The molecule has 2 aromatic rings. The van der Waals surface area contributed by atoms with Crippen LogP contribution in [0.4, 0.5) is 0 Å². The summed E-state index contributed by atoms with van der Waals surface area (Å²) in [4.78, 5) is 28.4. The molecule has 0 amide bonds. The van der Waals surface area contributed by atoms with Crippen molar-refractivity contribution in [2.45, 2.75) is 124 Å². The van der Waals surface area contributed by atoms with Crippen molar-refractivity contribution in [3.05, 3.63) is 60.7 Å². The van der Waals surface area contributed by atoms with Crippen LogP contribution < -0.4 is 10.4 Å². The molecule has 258 valence electrons. The van der Waals surface area contributed by atoms with Gasteiger partial charge in [0.05, 0.1) is 6.10 Å². The largest absolute Gasteiger partial charge is 0.460 e. The maximum Gasteiger partial charge on any atom is 0.331 e. The van der Waals surface area contributed by atoms with Crippen molar-refractivity contribution >= 4 is 39.5 Å². The van der Waals surface area contributed by atoms with E-state index in [1.807, 2.05) is 12.1 Å². The van der Waals surface area contributed by atoms with Gasteiger partial charge in [0.25, 0.3) is 8.32 Å². The molecule has 3 fully saturated rings. The highest BCUT2D eigenvalue weighted by Crippen LogP contribution is 2.68. The van der Waals surface area contributed by atoms with E-state index in [0.29, 0.717) is 18.6 Å². The highest BCUT2D eigenvalue weighted by Gasteiger charge is 2.68. The average molecular weight is 677 g/mol. The summed E-state index contributed by atoms with van der Waals surface area (Å²) in [5.41, 5.74) is -0.772. The third-order valence-corrected chi connectivity index (χ3v) is 19.0. The summed E-state index contributed by atoms with van der Waals surface area (Å²) in [5, 5.41) is 2.02. The zero-order valence-electron chi connectivity index (χ0n) is 30.7. The van der Waals surface area contributed by atoms with E-state index in [4.69, 9.17) is 13.6 Å². The zero-order chi connectivity index (χ0) is 34.4. The van der Waals surface area contributed by atoms with E-state index in [-0.39, 0.29) is 52.3 Å². The molecule has 0 aliphatic heterocycles. The summed E-state index contributed by atoms with van der Waals surface area (Å²) in [6, 6.07) is 20.9. The molecule has 47 heavy (non-hydrogen) atoms. The molecular formula is C40H60O5Si2. The molecule has 0 heterocycles. The topological polar surface area (TPSA) is 61.8 Å². The average Bonchev–Trinajstić information content (AvgIpc) is 3.39. The Morgan fingerprint density at radius 2 is 1.53 bits per heavy atom. The fourth-order valence-corrected chi connectivity index (χ4v) is 16.0. The van der Waals surface area contributed by atoms with Crippen molar-refractivity contribution in [3.8, 4) is 0 Å². The Labute approximate surface area is 287 Å². The summed E-state index contributed by atoms with van der Waals surface area (Å²) in [7, 11) is -4.33. The lowest BCUT2D eigenvalue weighted by Gasteiger charge is -2.63. The minimum atomic E-state index is -2.93. The first-order valence-electron chi connectivity index (χ1n) is 18.2. The molecule has 3 aliphatic carbocycles. The van der Waals surface area contributed by atoms with Gasteiger partial charge in [0.2, 0.25) is 0 Å². The lowest BCUT2D eigenvalue weighted by atomic mass is 9.43. The SMILES string of the molecule is CC[C@@]1(C)C[C@@H](OC(=O)CO[Si](c2ccccc2)(c2ccccc2)C(C)(C)C)[C@@]2(C)C3C(=O)CCC3(CC[C@H]2C)[C@H](C)[C@@H]1O[SiH](C)C. The second-order valence-corrected chi connectivity index (χ2v) is 23.6. The number of hydrogen-bond donors (Lipinski definition) is 0. The molecule has 5 rings (SSSR count). The number of ketones is 1. The van der Waals surface area contributed by atoms with E-state index >= 15 is 0 Å². The monoisotopic (exact) mass is 676 g/mol. The first kappa shape index (κ1) is 36.2. The van der Waals surface area contributed by atoms with E-state index < -0.39 is 28.9 Å². The Hall–Kier alpha value is -2.07. The lowest BCUT2D eigenvalue weighted by molar-refractivity contribution is -0.210. The number of carbonyl (C=O) groups excluding carboxylic acids is 2. The highest BCUT2D eigenvalue weighted by molar-refractivity contribution is 6.99. The van der Waals surface area contributed by atoms with E-state index in [0.717, 1.165) is 36.1 Å². The molecule has 3 saturated carbocycles. The van der Waals surface area contributed by atoms with Crippen LogP contribution in [-0.4, -0.2) is 47.9 Å². The number of rotatable bonds is 9. The maximum atomic E-state index is 14.3. The van der Waals surface area contributed by atoms with Crippen LogP contribution in [0.3, 0.4) is 0 Å².